The maximum atomic E-state index is 12.5. The molecule has 8 heteroatoms. The topological polar surface area (TPSA) is 66.0 Å². The van der Waals surface area contributed by atoms with Crippen LogP contribution in [-0.4, -0.2) is 33.8 Å². The summed E-state index contributed by atoms with van der Waals surface area (Å²) in [7, 11) is 0. The van der Waals surface area contributed by atoms with Gasteiger partial charge in [-0.15, -0.1) is 0 Å². The molecule has 0 aliphatic carbocycles. The molecule has 0 bridgehead atoms. The predicted molar refractivity (Wildman–Crippen MR) is 118 cm³/mol. The molecule has 6 nitrogen and oxygen atoms in total. The minimum Gasteiger partial charge on any atom is -0.356 e. The van der Waals surface area contributed by atoms with Crippen molar-refractivity contribution in [1.82, 2.24) is 20.1 Å². The van der Waals surface area contributed by atoms with Crippen LogP contribution in [0, 0.1) is 4.77 Å². The molecule has 0 fully saturated rings. The van der Waals surface area contributed by atoms with Crippen LogP contribution in [0.2, 0.25) is 0 Å². The molecule has 2 N–H and O–H groups in total. The van der Waals surface area contributed by atoms with Crippen LogP contribution in [-0.2, 0) is 17.8 Å². The van der Waals surface area contributed by atoms with E-state index in [4.69, 9.17) is 12.2 Å². The number of para-hydroxylation sites is 2. The van der Waals surface area contributed by atoms with Crippen molar-refractivity contribution >= 4 is 41.3 Å². The Bertz CT molecular complexity index is 1030. The number of hydrogen-bond donors (Lipinski definition) is 2. The van der Waals surface area contributed by atoms with E-state index in [1.807, 2.05) is 23.6 Å². The average molecular weight is 426 g/mol. The van der Waals surface area contributed by atoms with Crippen LogP contribution in [0.1, 0.15) is 19.2 Å². The number of benzene rings is 2. The second kappa shape index (κ2) is 8.84. The molecule has 0 saturated carbocycles. The third-order valence-corrected chi connectivity index (χ3v) is 6.36. The van der Waals surface area contributed by atoms with Crippen molar-refractivity contribution in [2.45, 2.75) is 36.1 Å². The van der Waals surface area contributed by atoms with Gasteiger partial charge in [-0.2, -0.15) is 5.10 Å². The fraction of sp³-hybridized carbons (Fsp3) is 0.286. The van der Waals surface area contributed by atoms with Gasteiger partial charge < -0.3 is 14.8 Å². The lowest BCUT2D eigenvalue weighted by atomic mass is 10.2. The largest absolute Gasteiger partial charge is 0.356 e. The molecule has 1 aromatic heterocycles. The Labute approximate surface area is 179 Å². The Kier molecular flexibility index (Phi) is 6.01. The number of nitrogens with one attached hydrogen (secondary N) is 2. The minimum absolute atomic E-state index is 0.0374. The summed E-state index contributed by atoms with van der Waals surface area (Å²) in [5, 5.41) is 10.1. The molecule has 0 unspecified atom stereocenters. The van der Waals surface area contributed by atoms with Gasteiger partial charge in [0, 0.05) is 42.3 Å². The molecule has 29 heavy (non-hydrogen) atoms. The Morgan fingerprint density at radius 2 is 1.79 bits per heavy atom. The molecule has 0 radical (unpaired) electrons. The van der Waals surface area contributed by atoms with Gasteiger partial charge in [-0.05, 0) is 43.4 Å². The fourth-order valence-electron chi connectivity index (χ4n) is 3.50. The third kappa shape index (κ3) is 4.23. The minimum atomic E-state index is 0.0374. The number of carbonyl (C=O) groups excluding carboxylic acids is 1. The number of aromatic nitrogens is 3. The first-order valence-corrected chi connectivity index (χ1v) is 10.9. The first-order valence-electron chi connectivity index (χ1n) is 9.71. The zero-order valence-corrected chi connectivity index (χ0v) is 17.9. The molecule has 0 saturated heterocycles. The maximum absolute atomic E-state index is 12.5. The summed E-state index contributed by atoms with van der Waals surface area (Å²) < 4.78 is 2.56. The van der Waals surface area contributed by atoms with Gasteiger partial charge in [0.25, 0.3) is 0 Å². The number of H-pyrrole nitrogens is 1. The normalized spacial score (nSPS) is 12.4. The summed E-state index contributed by atoms with van der Waals surface area (Å²) in [6, 6.07) is 16.7. The van der Waals surface area contributed by atoms with Crippen molar-refractivity contribution in [3.8, 4) is 0 Å². The fourth-order valence-corrected chi connectivity index (χ4v) is 4.88. The van der Waals surface area contributed by atoms with E-state index in [0.29, 0.717) is 30.7 Å². The summed E-state index contributed by atoms with van der Waals surface area (Å²) in [4.78, 5) is 17.1. The van der Waals surface area contributed by atoms with E-state index in [1.165, 1.54) is 9.79 Å². The second-order valence-electron chi connectivity index (χ2n) is 6.73. The molecular weight excluding hydrogens is 402 g/mol. The second-order valence-corrected chi connectivity index (χ2v) is 8.20. The number of carbonyl (C=O) groups is 1. The molecule has 2 heterocycles. The van der Waals surface area contributed by atoms with Gasteiger partial charge in [0.1, 0.15) is 5.82 Å². The standard InChI is InChI=1S/C21H23N5OS2/c1-2-25-19(23-24-21(25)28)11-13-22-20(27)12-14-26-15-7-3-5-9-17(15)29-18-10-6-4-8-16(18)26/h3-10H,2,11-14H2,1H3,(H,22,27)(H,24,28). The van der Waals surface area contributed by atoms with E-state index in [0.717, 1.165) is 23.7 Å². The van der Waals surface area contributed by atoms with E-state index >= 15 is 0 Å². The Hall–Kier alpha value is -2.58. The quantitative estimate of drug-likeness (QED) is 0.552. The number of fused-ring (bicyclic) bond motifs is 2. The summed E-state index contributed by atoms with van der Waals surface area (Å²) in [6.07, 6.45) is 1.08. The highest BCUT2D eigenvalue weighted by Gasteiger charge is 2.23. The SMILES string of the molecule is CCn1c(CCNC(=O)CCN2c3ccccc3Sc3ccccc32)n[nH]c1=S. The Morgan fingerprint density at radius 3 is 2.45 bits per heavy atom. The number of rotatable bonds is 7. The number of hydrogen-bond acceptors (Lipinski definition) is 5. The van der Waals surface area contributed by atoms with Crippen LogP contribution >= 0.6 is 24.0 Å². The smallest absolute Gasteiger partial charge is 0.221 e. The lowest BCUT2D eigenvalue weighted by Gasteiger charge is -2.32. The van der Waals surface area contributed by atoms with E-state index in [1.54, 1.807) is 11.8 Å². The van der Waals surface area contributed by atoms with Gasteiger partial charge in [-0.1, -0.05) is 36.0 Å². The van der Waals surface area contributed by atoms with Crippen molar-refractivity contribution in [2.24, 2.45) is 0 Å². The lowest BCUT2D eigenvalue weighted by Crippen LogP contribution is -2.31. The van der Waals surface area contributed by atoms with Gasteiger partial charge >= 0.3 is 0 Å². The molecular formula is C21H23N5OS2. The van der Waals surface area contributed by atoms with Crippen molar-refractivity contribution in [3.05, 3.63) is 59.1 Å². The predicted octanol–water partition coefficient (Wildman–Crippen LogP) is 4.31. The lowest BCUT2D eigenvalue weighted by molar-refractivity contribution is -0.120. The van der Waals surface area contributed by atoms with Crippen molar-refractivity contribution in [1.29, 1.82) is 0 Å². The molecule has 1 aliphatic rings. The summed E-state index contributed by atoms with van der Waals surface area (Å²) in [6.45, 7) is 3.97. The number of nitrogens with zero attached hydrogens (tertiary/aromatic N) is 3. The Morgan fingerprint density at radius 1 is 1.14 bits per heavy atom. The van der Waals surface area contributed by atoms with E-state index in [9.17, 15) is 4.79 Å². The first-order chi connectivity index (χ1) is 14.2. The number of amides is 1. The number of aromatic amines is 1. The number of anilines is 2. The highest BCUT2D eigenvalue weighted by Crippen LogP contribution is 2.47. The van der Waals surface area contributed by atoms with Gasteiger partial charge in [0.05, 0.1) is 11.4 Å². The first kappa shape index (κ1) is 19.7. The van der Waals surface area contributed by atoms with Crippen molar-refractivity contribution < 1.29 is 4.79 Å². The van der Waals surface area contributed by atoms with Gasteiger partial charge in [0.2, 0.25) is 5.91 Å². The monoisotopic (exact) mass is 425 g/mol. The highest BCUT2D eigenvalue weighted by molar-refractivity contribution is 7.99. The molecule has 0 spiro atoms. The Balaban J connectivity index is 1.38. The summed E-state index contributed by atoms with van der Waals surface area (Å²) >= 11 is 6.98. The van der Waals surface area contributed by atoms with Crippen LogP contribution in [0.15, 0.2) is 58.3 Å². The van der Waals surface area contributed by atoms with Crippen LogP contribution < -0.4 is 10.2 Å². The maximum Gasteiger partial charge on any atom is 0.221 e. The molecule has 1 aliphatic heterocycles. The van der Waals surface area contributed by atoms with Gasteiger partial charge in [-0.25, -0.2) is 0 Å². The zero-order chi connectivity index (χ0) is 20.2. The summed E-state index contributed by atoms with van der Waals surface area (Å²) in [5.74, 6) is 0.907. The molecule has 1 amide bonds. The van der Waals surface area contributed by atoms with Gasteiger partial charge in [0.15, 0.2) is 4.77 Å². The average Bonchev–Trinajstić information content (AvgIpc) is 3.10. The van der Waals surface area contributed by atoms with Crippen LogP contribution in [0.25, 0.3) is 0 Å². The molecule has 4 rings (SSSR count). The molecule has 2 aromatic carbocycles. The zero-order valence-electron chi connectivity index (χ0n) is 16.2. The third-order valence-electron chi connectivity index (χ3n) is 4.92. The van der Waals surface area contributed by atoms with E-state index in [-0.39, 0.29) is 5.91 Å². The van der Waals surface area contributed by atoms with Crippen LogP contribution in [0.5, 0.6) is 0 Å². The van der Waals surface area contributed by atoms with Crippen LogP contribution in [0.4, 0.5) is 11.4 Å². The summed E-state index contributed by atoms with van der Waals surface area (Å²) in [5.41, 5.74) is 2.31. The van der Waals surface area contributed by atoms with Crippen LogP contribution in [0.3, 0.4) is 0 Å². The molecule has 0 atom stereocenters. The molecule has 150 valence electrons. The van der Waals surface area contributed by atoms with Crippen molar-refractivity contribution in [2.75, 3.05) is 18.0 Å². The van der Waals surface area contributed by atoms with E-state index in [2.05, 4.69) is 56.8 Å². The van der Waals surface area contributed by atoms with E-state index < -0.39 is 0 Å². The molecule has 3 aromatic rings. The van der Waals surface area contributed by atoms with Gasteiger partial charge in [-0.3, -0.25) is 9.89 Å². The van der Waals surface area contributed by atoms with Crippen molar-refractivity contribution in [3.63, 3.8) is 0 Å². The highest BCUT2D eigenvalue weighted by atomic mass is 32.2.